The van der Waals surface area contributed by atoms with Gasteiger partial charge in [0.05, 0.1) is 12.0 Å². The van der Waals surface area contributed by atoms with Crippen LogP contribution < -0.4 is 0 Å². The van der Waals surface area contributed by atoms with Crippen molar-refractivity contribution in [2.45, 2.75) is 11.5 Å². The molecule has 1 atom stereocenters. The molecule has 8 heteroatoms. The van der Waals surface area contributed by atoms with E-state index in [1.54, 1.807) is 18.2 Å². The van der Waals surface area contributed by atoms with Gasteiger partial charge in [0.1, 0.15) is 11.6 Å². The lowest BCUT2D eigenvalue weighted by Gasteiger charge is -2.04. The van der Waals surface area contributed by atoms with E-state index in [1.807, 2.05) is 0 Å². The van der Waals surface area contributed by atoms with Gasteiger partial charge in [-0.2, -0.15) is 4.98 Å². The molecule has 114 valence electrons. The quantitative estimate of drug-likeness (QED) is 0.710. The third-order valence-electron chi connectivity index (χ3n) is 2.86. The summed E-state index contributed by atoms with van der Waals surface area (Å²) in [5.74, 6) is 0.432. The molecule has 0 bridgehead atoms. The molecular weight excluding hydrogens is 331 g/mol. The molecule has 3 rings (SSSR count). The van der Waals surface area contributed by atoms with Crippen molar-refractivity contribution in [1.82, 2.24) is 10.1 Å². The van der Waals surface area contributed by atoms with Gasteiger partial charge in [-0.3, -0.25) is 4.21 Å². The zero-order valence-electron chi connectivity index (χ0n) is 11.2. The highest BCUT2D eigenvalue weighted by atomic mass is 35.5. The maximum Gasteiger partial charge on any atom is 0.239 e. The molecule has 0 N–H and O–H groups in total. The standard InChI is InChI=1S/C14H10ClFN2O3S/c15-10-3-1-4-11(16)9(10)7-22(19)8-13-17-14(18-21-13)12-5-2-6-20-12/h1-6H,7-8H2/t22-/m0/s1. The summed E-state index contributed by atoms with van der Waals surface area (Å²) in [7, 11) is -1.43. The zero-order valence-corrected chi connectivity index (χ0v) is 12.7. The minimum atomic E-state index is -1.43. The molecule has 0 unspecified atom stereocenters. The third-order valence-corrected chi connectivity index (χ3v) is 4.39. The van der Waals surface area contributed by atoms with E-state index in [9.17, 15) is 8.60 Å². The number of aromatic nitrogens is 2. The summed E-state index contributed by atoms with van der Waals surface area (Å²) in [5.41, 5.74) is 0.216. The largest absolute Gasteiger partial charge is 0.461 e. The van der Waals surface area contributed by atoms with Crippen LogP contribution in [0.2, 0.25) is 5.02 Å². The number of hydrogen-bond donors (Lipinski definition) is 0. The van der Waals surface area contributed by atoms with E-state index in [4.69, 9.17) is 20.5 Å². The Bertz CT molecular complexity index is 784. The molecule has 0 aliphatic rings. The molecule has 0 spiro atoms. The Kier molecular flexibility index (Phi) is 4.35. The highest BCUT2D eigenvalue weighted by Gasteiger charge is 2.16. The second kappa shape index (κ2) is 6.41. The summed E-state index contributed by atoms with van der Waals surface area (Å²) in [4.78, 5) is 4.09. The van der Waals surface area contributed by atoms with Crippen LogP contribution in [0.25, 0.3) is 11.6 Å². The molecule has 0 amide bonds. The summed E-state index contributed by atoms with van der Waals surface area (Å²) < 4.78 is 35.9. The van der Waals surface area contributed by atoms with Gasteiger partial charge >= 0.3 is 0 Å². The van der Waals surface area contributed by atoms with Crippen LogP contribution in [0.4, 0.5) is 4.39 Å². The first-order valence-corrected chi connectivity index (χ1v) is 8.14. The molecule has 2 heterocycles. The number of rotatable bonds is 5. The Labute approximate surface area is 132 Å². The molecule has 0 aliphatic heterocycles. The SMILES string of the molecule is O=[S@](Cc1nc(-c2ccco2)no1)Cc1c(F)cccc1Cl. The van der Waals surface area contributed by atoms with Gasteiger partial charge in [0.2, 0.25) is 11.7 Å². The fourth-order valence-corrected chi connectivity index (χ4v) is 3.26. The van der Waals surface area contributed by atoms with Gasteiger partial charge in [0.15, 0.2) is 5.76 Å². The molecule has 22 heavy (non-hydrogen) atoms. The van der Waals surface area contributed by atoms with Crippen molar-refractivity contribution in [2.24, 2.45) is 0 Å². The van der Waals surface area contributed by atoms with Gasteiger partial charge in [-0.1, -0.05) is 22.8 Å². The van der Waals surface area contributed by atoms with E-state index < -0.39 is 16.6 Å². The maximum atomic E-state index is 13.7. The van der Waals surface area contributed by atoms with Crippen molar-refractivity contribution in [3.05, 3.63) is 58.9 Å². The monoisotopic (exact) mass is 340 g/mol. The molecule has 1 aromatic carbocycles. The zero-order chi connectivity index (χ0) is 15.5. The second-order valence-corrected chi connectivity index (χ2v) is 6.28. The summed E-state index contributed by atoms with van der Waals surface area (Å²) in [6.07, 6.45) is 1.49. The predicted octanol–water partition coefficient (Wildman–Crippen LogP) is 3.57. The first-order chi connectivity index (χ1) is 10.6. The van der Waals surface area contributed by atoms with E-state index in [0.717, 1.165) is 0 Å². The average molecular weight is 341 g/mol. The van der Waals surface area contributed by atoms with E-state index in [2.05, 4.69) is 10.1 Å². The van der Waals surface area contributed by atoms with Crippen LogP contribution in [-0.4, -0.2) is 14.3 Å². The fraction of sp³-hybridized carbons (Fsp3) is 0.143. The van der Waals surface area contributed by atoms with Crippen LogP contribution in [0.5, 0.6) is 0 Å². The molecule has 0 saturated carbocycles. The third kappa shape index (κ3) is 3.26. The molecule has 3 aromatic rings. The summed E-state index contributed by atoms with van der Waals surface area (Å²) in [5, 5.41) is 3.98. The highest BCUT2D eigenvalue weighted by molar-refractivity contribution is 7.83. The Hall–Kier alpha value is -1.99. The first-order valence-electron chi connectivity index (χ1n) is 6.28. The van der Waals surface area contributed by atoms with Crippen LogP contribution in [0.3, 0.4) is 0 Å². The lowest BCUT2D eigenvalue weighted by molar-refractivity contribution is 0.389. The van der Waals surface area contributed by atoms with Crippen LogP contribution in [0.15, 0.2) is 45.5 Å². The fourth-order valence-electron chi connectivity index (χ4n) is 1.84. The van der Waals surface area contributed by atoms with E-state index in [0.29, 0.717) is 5.76 Å². The first kappa shape index (κ1) is 14.9. The number of hydrogen-bond acceptors (Lipinski definition) is 5. The minimum absolute atomic E-state index is 0.0123. The number of furan rings is 1. The van der Waals surface area contributed by atoms with Gasteiger partial charge in [-0.05, 0) is 24.3 Å². The van der Waals surface area contributed by atoms with Crippen molar-refractivity contribution in [1.29, 1.82) is 0 Å². The van der Waals surface area contributed by atoms with E-state index in [-0.39, 0.29) is 33.8 Å². The maximum absolute atomic E-state index is 13.7. The molecule has 5 nitrogen and oxygen atoms in total. The Balaban J connectivity index is 1.70. The summed E-state index contributed by atoms with van der Waals surface area (Å²) >= 11 is 5.91. The number of halogens is 2. The Morgan fingerprint density at radius 2 is 2.09 bits per heavy atom. The van der Waals surface area contributed by atoms with Crippen LogP contribution in [-0.2, 0) is 22.3 Å². The predicted molar refractivity (Wildman–Crippen MR) is 79.0 cm³/mol. The average Bonchev–Trinajstić information content (AvgIpc) is 3.13. The van der Waals surface area contributed by atoms with Gasteiger partial charge < -0.3 is 8.94 Å². The number of benzene rings is 1. The normalized spacial score (nSPS) is 12.5. The lowest BCUT2D eigenvalue weighted by Crippen LogP contribution is -2.02. The van der Waals surface area contributed by atoms with Crippen molar-refractivity contribution >= 4 is 22.4 Å². The van der Waals surface area contributed by atoms with E-state index >= 15 is 0 Å². The van der Waals surface area contributed by atoms with Crippen LogP contribution >= 0.6 is 11.6 Å². The van der Waals surface area contributed by atoms with Gasteiger partial charge in [-0.15, -0.1) is 0 Å². The van der Waals surface area contributed by atoms with Crippen LogP contribution in [0, 0.1) is 5.82 Å². The molecule has 0 radical (unpaired) electrons. The molecule has 2 aromatic heterocycles. The van der Waals surface area contributed by atoms with Crippen molar-refractivity contribution in [3.63, 3.8) is 0 Å². The Morgan fingerprint density at radius 1 is 1.23 bits per heavy atom. The highest BCUT2D eigenvalue weighted by Crippen LogP contribution is 2.22. The summed E-state index contributed by atoms with van der Waals surface area (Å²) in [6.45, 7) is 0. The topological polar surface area (TPSA) is 69.1 Å². The lowest BCUT2D eigenvalue weighted by atomic mass is 10.2. The van der Waals surface area contributed by atoms with Crippen molar-refractivity contribution in [2.75, 3.05) is 0 Å². The van der Waals surface area contributed by atoms with E-state index in [1.165, 1.54) is 18.4 Å². The molecule has 0 fully saturated rings. The minimum Gasteiger partial charge on any atom is -0.461 e. The second-order valence-electron chi connectivity index (χ2n) is 4.42. The molecule has 0 aliphatic carbocycles. The van der Waals surface area contributed by atoms with Crippen molar-refractivity contribution < 1.29 is 17.5 Å². The van der Waals surface area contributed by atoms with Crippen LogP contribution in [0.1, 0.15) is 11.5 Å². The van der Waals surface area contributed by atoms with Gasteiger partial charge in [0.25, 0.3) is 0 Å². The smallest absolute Gasteiger partial charge is 0.239 e. The Morgan fingerprint density at radius 3 is 2.82 bits per heavy atom. The van der Waals surface area contributed by atoms with Crippen molar-refractivity contribution in [3.8, 4) is 11.6 Å². The molecule has 0 saturated heterocycles. The van der Waals surface area contributed by atoms with Gasteiger partial charge in [-0.25, -0.2) is 4.39 Å². The number of nitrogens with zero attached hydrogens (tertiary/aromatic N) is 2. The molecular formula is C14H10ClFN2O3S. The van der Waals surface area contributed by atoms with Gasteiger partial charge in [0, 0.05) is 21.4 Å². The summed E-state index contributed by atoms with van der Waals surface area (Å²) in [6, 6.07) is 7.71.